The van der Waals surface area contributed by atoms with E-state index in [1.54, 1.807) is 0 Å². The van der Waals surface area contributed by atoms with Gasteiger partial charge in [0.25, 0.3) is 0 Å². The van der Waals surface area contributed by atoms with E-state index in [1.807, 2.05) is 0 Å². The summed E-state index contributed by atoms with van der Waals surface area (Å²) < 4.78 is 0. The van der Waals surface area contributed by atoms with Crippen LogP contribution >= 0.6 is 0 Å². The van der Waals surface area contributed by atoms with Gasteiger partial charge < -0.3 is 0 Å². The van der Waals surface area contributed by atoms with Crippen LogP contribution in [0.1, 0.15) is 68.0 Å². The van der Waals surface area contributed by atoms with E-state index in [1.165, 1.54) is 33.4 Å². The molecule has 0 heterocycles. The van der Waals surface area contributed by atoms with Crippen LogP contribution in [0.2, 0.25) is 0 Å². The maximum atomic E-state index is 2.47. The van der Waals surface area contributed by atoms with Crippen LogP contribution in [0, 0.1) is 25.2 Å². The highest BCUT2D eigenvalue weighted by Gasteiger charge is 2.31. The van der Waals surface area contributed by atoms with Gasteiger partial charge in [-0.25, -0.2) is 0 Å². The molecule has 0 aromatic heterocycles. The summed E-state index contributed by atoms with van der Waals surface area (Å²) in [5.41, 5.74) is 8.52. The summed E-state index contributed by atoms with van der Waals surface area (Å²) in [6.07, 6.45) is 2.10. The molecule has 3 aromatic carbocycles. The van der Waals surface area contributed by atoms with Gasteiger partial charge in [-0.05, 0) is 60.3 Å². The Labute approximate surface area is 184 Å². The van der Waals surface area contributed by atoms with Crippen LogP contribution in [0.5, 0.6) is 0 Å². The van der Waals surface area contributed by atoms with Crippen LogP contribution < -0.4 is 0 Å². The lowest BCUT2D eigenvalue weighted by molar-refractivity contribution is 0.248. The Morgan fingerprint density at radius 3 is 1.87 bits per heavy atom. The molecule has 1 atom stereocenters. The number of rotatable bonds is 7. The first-order chi connectivity index (χ1) is 14.1. The average molecular weight is 399 g/mol. The van der Waals surface area contributed by atoms with Gasteiger partial charge in [0.2, 0.25) is 0 Å². The summed E-state index contributed by atoms with van der Waals surface area (Å²) in [5.74, 6) is 0.647. The maximum absolute atomic E-state index is 2.47. The van der Waals surface area contributed by atoms with Gasteiger partial charge in [-0.1, -0.05) is 119 Å². The van der Waals surface area contributed by atoms with Crippen molar-refractivity contribution in [3.63, 3.8) is 0 Å². The summed E-state index contributed by atoms with van der Waals surface area (Å²) in [4.78, 5) is 0. The van der Waals surface area contributed by atoms with Crippen LogP contribution in [0.25, 0.3) is 0 Å². The molecule has 0 N–H and O–H groups in total. The minimum Gasteiger partial charge on any atom is -0.0623 e. The molecule has 3 rings (SSSR count). The van der Waals surface area contributed by atoms with Gasteiger partial charge in [-0.15, -0.1) is 0 Å². The minimum atomic E-state index is -0.0716. The van der Waals surface area contributed by atoms with E-state index in [0.29, 0.717) is 5.92 Å². The Bertz CT molecular complexity index is 961. The summed E-state index contributed by atoms with van der Waals surface area (Å²) in [7, 11) is 0. The second-order valence-electron chi connectivity index (χ2n) is 10.4. The molecule has 30 heavy (non-hydrogen) atoms. The highest BCUT2D eigenvalue weighted by atomic mass is 14.3. The van der Waals surface area contributed by atoms with Crippen LogP contribution in [0.3, 0.4) is 0 Å². The minimum absolute atomic E-state index is 0.0716. The Hall–Kier alpha value is -2.34. The standard InChI is InChI=1S/C30H38/c1-22(2)29(5,6)20-26-17-24(4)18-28(19-26)30(7,21-25-11-9-8-10-12-25)27-15-13-23(3)14-16-27/h8-19,22H,20-21H2,1-7H3. The van der Waals surface area contributed by atoms with Gasteiger partial charge in [0.15, 0.2) is 0 Å². The van der Waals surface area contributed by atoms with E-state index < -0.39 is 0 Å². The van der Waals surface area contributed by atoms with Crippen molar-refractivity contribution in [2.24, 2.45) is 11.3 Å². The second kappa shape index (κ2) is 8.80. The van der Waals surface area contributed by atoms with E-state index >= 15 is 0 Å². The van der Waals surface area contributed by atoms with Crippen molar-refractivity contribution in [1.82, 2.24) is 0 Å². The molecule has 0 nitrogen and oxygen atoms in total. The predicted molar refractivity (Wildman–Crippen MR) is 131 cm³/mol. The molecule has 0 aliphatic carbocycles. The molecule has 0 radical (unpaired) electrons. The number of hydrogen-bond donors (Lipinski definition) is 0. The molecule has 0 heteroatoms. The largest absolute Gasteiger partial charge is 0.0623 e. The Morgan fingerprint density at radius 1 is 0.633 bits per heavy atom. The van der Waals surface area contributed by atoms with Crippen LogP contribution in [-0.4, -0.2) is 0 Å². The third kappa shape index (κ3) is 5.04. The molecule has 0 aliphatic heterocycles. The highest BCUT2D eigenvalue weighted by molar-refractivity contribution is 5.45. The molecule has 0 bridgehead atoms. The first-order valence-corrected chi connectivity index (χ1v) is 11.3. The van der Waals surface area contributed by atoms with Crippen LogP contribution in [-0.2, 0) is 18.3 Å². The lowest BCUT2D eigenvalue weighted by Gasteiger charge is -2.34. The van der Waals surface area contributed by atoms with Crippen LogP contribution in [0.4, 0.5) is 0 Å². The van der Waals surface area contributed by atoms with Gasteiger partial charge in [-0.2, -0.15) is 0 Å². The zero-order chi connectivity index (χ0) is 21.9. The summed E-state index contributed by atoms with van der Waals surface area (Å²) in [6.45, 7) is 16.3. The zero-order valence-electron chi connectivity index (χ0n) is 19.9. The number of aryl methyl sites for hydroxylation is 2. The van der Waals surface area contributed by atoms with Crippen LogP contribution in [0.15, 0.2) is 72.8 Å². The van der Waals surface area contributed by atoms with E-state index in [0.717, 1.165) is 12.8 Å². The Morgan fingerprint density at radius 2 is 1.27 bits per heavy atom. The molecular weight excluding hydrogens is 360 g/mol. The Balaban J connectivity index is 2.10. The SMILES string of the molecule is Cc1ccc(C(C)(Cc2ccccc2)c2cc(C)cc(CC(C)(C)C(C)C)c2)cc1. The molecule has 0 saturated heterocycles. The fourth-order valence-corrected chi connectivity index (χ4v) is 4.31. The van der Waals surface area contributed by atoms with Gasteiger partial charge >= 0.3 is 0 Å². The molecule has 0 amide bonds. The van der Waals surface area contributed by atoms with E-state index in [2.05, 4.69) is 121 Å². The normalized spacial score (nSPS) is 14.0. The third-order valence-corrected chi connectivity index (χ3v) is 7.09. The van der Waals surface area contributed by atoms with Crippen molar-refractivity contribution in [2.75, 3.05) is 0 Å². The monoisotopic (exact) mass is 398 g/mol. The first-order valence-electron chi connectivity index (χ1n) is 11.3. The van der Waals surface area contributed by atoms with E-state index in [9.17, 15) is 0 Å². The molecule has 1 unspecified atom stereocenters. The highest BCUT2D eigenvalue weighted by Crippen LogP contribution is 2.38. The van der Waals surface area contributed by atoms with Crippen molar-refractivity contribution >= 4 is 0 Å². The van der Waals surface area contributed by atoms with Crippen molar-refractivity contribution in [2.45, 2.75) is 66.7 Å². The lowest BCUT2D eigenvalue weighted by Crippen LogP contribution is -2.28. The molecule has 0 spiro atoms. The van der Waals surface area contributed by atoms with E-state index in [4.69, 9.17) is 0 Å². The zero-order valence-corrected chi connectivity index (χ0v) is 19.9. The quantitative estimate of drug-likeness (QED) is 0.377. The summed E-state index contributed by atoms with van der Waals surface area (Å²) >= 11 is 0. The molecule has 0 aliphatic rings. The first kappa shape index (κ1) is 22.3. The van der Waals surface area contributed by atoms with Gasteiger partial charge in [0, 0.05) is 5.41 Å². The third-order valence-electron chi connectivity index (χ3n) is 7.09. The van der Waals surface area contributed by atoms with Crippen molar-refractivity contribution < 1.29 is 0 Å². The molecule has 0 saturated carbocycles. The maximum Gasteiger partial charge on any atom is 0.0215 e. The molecular formula is C30H38. The smallest absolute Gasteiger partial charge is 0.0215 e. The van der Waals surface area contributed by atoms with Crippen molar-refractivity contribution in [3.8, 4) is 0 Å². The fourth-order valence-electron chi connectivity index (χ4n) is 4.31. The Kier molecular flexibility index (Phi) is 6.56. The van der Waals surface area contributed by atoms with Gasteiger partial charge in [0.05, 0.1) is 0 Å². The number of hydrogen-bond acceptors (Lipinski definition) is 0. The molecule has 0 fully saturated rings. The van der Waals surface area contributed by atoms with Crippen molar-refractivity contribution in [1.29, 1.82) is 0 Å². The predicted octanol–water partition coefficient (Wildman–Crippen LogP) is 8.08. The lowest BCUT2D eigenvalue weighted by atomic mass is 9.70. The summed E-state index contributed by atoms with van der Waals surface area (Å²) in [5, 5.41) is 0. The molecule has 158 valence electrons. The molecule has 3 aromatic rings. The van der Waals surface area contributed by atoms with Gasteiger partial charge in [0.1, 0.15) is 0 Å². The van der Waals surface area contributed by atoms with Gasteiger partial charge in [-0.3, -0.25) is 0 Å². The average Bonchev–Trinajstić information content (AvgIpc) is 2.68. The number of benzene rings is 3. The summed E-state index contributed by atoms with van der Waals surface area (Å²) in [6, 6.07) is 27.3. The topological polar surface area (TPSA) is 0 Å². The second-order valence-corrected chi connectivity index (χ2v) is 10.4. The van der Waals surface area contributed by atoms with E-state index in [-0.39, 0.29) is 10.8 Å². The fraction of sp³-hybridized carbons (Fsp3) is 0.400. The van der Waals surface area contributed by atoms with Crippen molar-refractivity contribution in [3.05, 3.63) is 106 Å².